The third kappa shape index (κ3) is 4.32. The van der Waals surface area contributed by atoms with Crippen molar-refractivity contribution in [2.24, 2.45) is 0 Å². The second kappa shape index (κ2) is 7.97. The summed E-state index contributed by atoms with van der Waals surface area (Å²) in [6, 6.07) is 0. The molecule has 0 aromatic heterocycles. The minimum absolute atomic E-state index is 1.56. The standard InChI is InChI=1S/C7H2Cl14/c8-1(9)3(12,13)5(16,17)7(20,21)6(18,19)4(14,15)2(10)11/h1-2H. The van der Waals surface area contributed by atoms with Gasteiger partial charge in [-0.1, -0.05) is 116 Å². The molecule has 21 heavy (non-hydrogen) atoms. The van der Waals surface area contributed by atoms with Crippen molar-refractivity contribution >= 4 is 162 Å². The molecular formula is C7H2Cl14. The normalized spacial score (nSPS) is 16.0. The Morgan fingerprint density at radius 1 is 0.381 bits per heavy atom. The molecular weight excluding hydrogens is 580 g/mol. The fraction of sp³-hybridized carbons (Fsp3) is 1.00. The van der Waals surface area contributed by atoms with Gasteiger partial charge in [0.1, 0.15) is 9.67 Å². The summed E-state index contributed by atoms with van der Waals surface area (Å²) in [6.07, 6.45) is 0. The first-order chi connectivity index (χ1) is 8.89. The van der Waals surface area contributed by atoms with Crippen molar-refractivity contribution in [2.45, 2.75) is 31.3 Å². The van der Waals surface area contributed by atoms with Crippen LogP contribution in [0.2, 0.25) is 0 Å². The van der Waals surface area contributed by atoms with Crippen molar-refractivity contribution in [3.8, 4) is 0 Å². The molecule has 0 aliphatic carbocycles. The summed E-state index contributed by atoms with van der Waals surface area (Å²) >= 11 is 82.0. The van der Waals surface area contributed by atoms with E-state index in [-0.39, 0.29) is 0 Å². The molecule has 0 saturated carbocycles. The average Bonchev–Trinajstić information content (AvgIpc) is 2.27. The van der Waals surface area contributed by atoms with E-state index in [9.17, 15) is 0 Å². The predicted octanol–water partition coefficient (Wildman–Crippen LogP) is 8.46. The molecule has 0 radical (unpaired) electrons. The summed E-state index contributed by atoms with van der Waals surface area (Å²) in [4.78, 5) is -3.11. The van der Waals surface area contributed by atoms with Crippen molar-refractivity contribution in [2.75, 3.05) is 0 Å². The fourth-order valence-corrected chi connectivity index (χ4v) is 4.74. The Bertz CT molecular complexity index is 334. The van der Waals surface area contributed by atoms with Gasteiger partial charge in [0.2, 0.25) is 0 Å². The van der Waals surface area contributed by atoms with Crippen LogP contribution in [-0.4, -0.2) is 31.3 Å². The quantitative estimate of drug-likeness (QED) is 0.276. The lowest BCUT2D eigenvalue weighted by atomic mass is 10.1. The second-order valence-corrected chi connectivity index (χ2v) is 12.5. The molecule has 0 atom stereocenters. The maximum Gasteiger partial charge on any atom is 0.189 e. The van der Waals surface area contributed by atoms with E-state index in [1.807, 2.05) is 0 Å². The first-order valence-electron chi connectivity index (χ1n) is 4.34. The Hall–Kier alpha value is 4.06. The highest BCUT2D eigenvalue weighted by Crippen LogP contribution is 2.67. The first-order valence-corrected chi connectivity index (χ1v) is 9.87. The van der Waals surface area contributed by atoms with E-state index in [0.717, 1.165) is 0 Å². The Labute approximate surface area is 191 Å². The van der Waals surface area contributed by atoms with E-state index < -0.39 is 31.3 Å². The van der Waals surface area contributed by atoms with Crippen LogP contribution in [-0.2, 0) is 0 Å². The van der Waals surface area contributed by atoms with Crippen LogP contribution >= 0.6 is 162 Å². The van der Waals surface area contributed by atoms with Crippen molar-refractivity contribution in [1.29, 1.82) is 0 Å². The molecule has 0 rings (SSSR count). The third-order valence-electron chi connectivity index (χ3n) is 2.17. The van der Waals surface area contributed by atoms with Gasteiger partial charge in [-0.3, -0.25) is 0 Å². The van der Waals surface area contributed by atoms with E-state index in [1.165, 1.54) is 0 Å². The first kappa shape index (κ1) is 25.1. The van der Waals surface area contributed by atoms with Crippen LogP contribution in [0.5, 0.6) is 0 Å². The summed E-state index contributed by atoms with van der Waals surface area (Å²) < 4.78 is -12.4. The molecule has 14 heteroatoms. The van der Waals surface area contributed by atoms with Crippen LogP contribution in [0, 0.1) is 0 Å². The van der Waals surface area contributed by atoms with Crippen LogP contribution in [0.15, 0.2) is 0 Å². The highest BCUT2D eigenvalue weighted by molar-refractivity contribution is 6.78. The number of halogens is 14. The highest BCUT2D eigenvalue weighted by atomic mass is 35.6. The average molecular weight is 582 g/mol. The Morgan fingerprint density at radius 2 is 0.571 bits per heavy atom. The minimum Gasteiger partial charge on any atom is -0.102 e. The van der Waals surface area contributed by atoms with Crippen molar-refractivity contribution < 1.29 is 0 Å². The van der Waals surface area contributed by atoms with Gasteiger partial charge in [0.25, 0.3) is 0 Å². The van der Waals surface area contributed by atoms with Crippen molar-refractivity contribution in [3.05, 3.63) is 0 Å². The van der Waals surface area contributed by atoms with Gasteiger partial charge in [0.05, 0.1) is 0 Å². The van der Waals surface area contributed by atoms with Gasteiger partial charge >= 0.3 is 0 Å². The molecule has 128 valence electrons. The lowest BCUT2D eigenvalue weighted by Gasteiger charge is -2.49. The SMILES string of the molecule is ClC(Cl)C(Cl)(Cl)C(Cl)(Cl)C(Cl)(Cl)C(Cl)(Cl)C(Cl)(Cl)C(Cl)Cl. The zero-order valence-electron chi connectivity index (χ0n) is 8.95. The molecule has 0 bridgehead atoms. The summed E-state index contributed by atoms with van der Waals surface area (Å²) in [6.45, 7) is 0. The number of hydrogen-bond donors (Lipinski definition) is 0. The zero-order chi connectivity index (χ0) is 17.7. The zero-order valence-corrected chi connectivity index (χ0v) is 19.5. The maximum absolute atomic E-state index is 6.04. The molecule has 0 heterocycles. The summed E-state index contributed by atoms with van der Waals surface area (Å²) in [5.41, 5.74) is 0. The van der Waals surface area contributed by atoms with Gasteiger partial charge in [-0.25, -0.2) is 0 Å². The molecule has 0 spiro atoms. The van der Waals surface area contributed by atoms with Crippen LogP contribution in [0.4, 0.5) is 0 Å². The highest BCUT2D eigenvalue weighted by Gasteiger charge is 2.75. The summed E-state index contributed by atoms with van der Waals surface area (Å²) in [5.74, 6) is 0. The monoisotopic (exact) mass is 576 g/mol. The molecule has 0 aromatic rings. The molecule has 0 nitrogen and oxygen atoms in total. The van der Waals surface area contributed by atoms with Crippen molar-refractivity contribution in [3.63, 3.8) is 0 Å². The van der Waals surface area contributed by atoms with Gasteiger partial charge in [0, 0.05) is 0 Å². The lowest BCUT2D eigenvalue weighted by Crippen LogP contribution is -2.65. The molecule has 0 unspecified atom stereocenters. The molecule has 0 aliphatic heterocycles. The van der Waals surface area contributed by atoms with Crippen LogP contribution in [0.3, 0.4) is 0 Å². The number of alkyl halides is 14. The molecule has 0 N–H and O–H groups in total. The van der Waals surface area contributed by atoms with E-state index in [1.54, 1.807) is 0 Å². The van der Waals surface area contributed by atoms with E-state index in [4.69, 9.17) is 162 Å². The van der Waals surface area contributed by atoms with Crippen LogP contribution in [0.25, 0.3) is 0 Å². The minimum atomic E-state index is -2.64. The van der Waals surface area contributed by atoms with E-state index in [0.29, 0.717) is 0 Å². The number of hydrogen-bond acceptors (Lipinski definition) is 0. The van der Waals surface area contributed by atoms with Gasteiger partial charge in [0.15, 0.2) is 21.7 Å². The smallest absolute Gasteiger partial charge is 0.102 e. The molecule has 0 fully saturated rings. The van der Waals surface area contributed by atoms with Crippen LogP contribution < -0.4 is 0 Å². The lowest BCUT2D eigenvalue weighted by molar-refractivity contribution is 0.510. The third-order valence-corrected chi connectivity index (χ3v) is 11.4. The molecule has 0 amide bonds. The Kier molecular flexibility index (Phi) is 9.51. The van der Waals surface area contributed by atoms with Gasteiger partial charge in [-0.2, -0.15) is 0 Å². The Balaban J connectivity index is 6.09. The summed E-state index contributed by atoms with van der Waals surface area (Å²) in [7, 11) is 0. The number of rotatable bonds is 6. The predicted molar refractivity (Wildman–Crippen MR) is 103 cm³/mol. The topological polar surface area (TPSA) is 0 Å². The summed E-state index contributed by atoms with van der Waals surface area (Å²) in [5, 5.41) is 0. The molecule has 0 aliphatic rings. The van der Waals surface area contributed by atoms with E-state index in [2.05, 4.69) is 0 Å². The maximum atomic E-state index is 6.04. The van der Waals surface area contributed by atoms with Gasteiger partial charge in [-0.15, -0.1) is 46.4 Å². The van der Waals surface area contributed by atoms with Crippen LogP contribution in [0.1, 0.15) is 0 Å². The fourth-order valence-electron chi connectivity index (χ4n) is 0.890. The molecule has 0 saturated heterocycles. The second-order valence-electron chi connectivity index (χ2n) is 3.57. The van der Waals surface area contributed by atoms with E-state index >= 15 is 0 Å². The van der Waals surface area contributed by atoms with Gasteiger partial charge in [-0.05, 0) is 0 Å². The largest absolute Gasteiger partial charge is 0.189 e. The van der Waals surface area contributed by atoms with Gasteiger partial charge < -0.3 is 0 Å². The molecule has 0 aromatic carbocycles. The van der Waals surface area contributed by atoms with Crippen molar-refractivity contribution in [1.82, 2.24) is 0 Å². The Morgan fingerprint density at radius 3 is 0.714 bits per heavy atom.